The van der Waals surface area contributed by atoms with E-state index in [1.807, 2.05) is 0 Å². The first-order chi connectivity index (χ1) is 30.6. The van der Waals surface area contributed by atoms with Gasteiger partial charge >= 0.3 is 11.9 Å². The SMILES string of the molecule is CC/C=C\C/C=C\C/C=C\C/C=C\C/C=C\C/C=C\CCCOCC(COC(=O)CCCCCCC/C=C\CCCCCC)OC(=O)CCCCCCCCCCCCCCC. The van der Waals surface area contributed by atoms with Crippen molar-refractivity contribution < 1.29 is 23.8 Å². The molecule has 0 radical (unpaired) electrons. The molecule has 0 aromatic rings. The summed E-state index contributed by atoms with van der Waals surface area (Å²) in [6, 6.07) is 0. The Morgan fingerprint density at radius 2 is 0.726 bits per heavy atom. The van der Waals surface area contributed by atoms with Gasteiger partial charge in [-0.1, -0.05) is 221 Å². The van der Waals surface area contributed by atoms with E-state index >= 15 is 0 Å². The van der Waals surface area contributed by atoms with E-state index in [-0.39, 0.29) is 25.2 Å². The van der Waals surface area contributed by atoms with Gasteiger partial charge in [-0.3, -0.25) is 9.59 Å². The molecule has 0 rings (SSSR count). The normalized spacial score (nSPS) is 12.9. The predicted octanol–water partition coefficient (Wildman–Crippen LogP) is 17.7. The molecule has 1 unspecified atom stereocenters. The highest BCUT2D eigenvalue weighted by molar-refractivity contribution is 5.70. The minimum absolute atomic E-state index is 0.0567. The van der Waals surface area contributed by atoms with Crippen LogP contribution >= 0.6 is 0 Å². The van der Waals surface area contributed by atoms with Crippen LogP contribution in [-0.2, 0) is 23.8 Å². The van der Waals surface area contributed by atoms with Gasteiger partial charge in [-0.05, 0) is 89.9 Å². The molecular weight excluding hydrogens is 765 g/mol. The Bertz CT molecular complexity index is 1160. The monoisotopic (exact) mass is 863 g/mol. The van der Waals surface area contributed by atoms with Gasteiger partial charge in [0.15, 0.2) is 6.10 Å². The van der Waals surface area contributed by atoms with Gasteiger partial charge in [0.25, 0.3) is 0 Å². The van der Waals surface area contributed by atoms with Crippen molar-refractivity contribution in [3.63, 3.8) is 0 Å². The molecule has 0 aliphatic rings. The van der Waals surface area contributed by atoms with Crippen LogP contribution in [0.4, 0.5) is 0 Å². The summed E-state index contributed by atoms with van der Waals surface area (Å²) >= 11 is 0. The Labute approximate surface area is 384 Å². The number of esters is 2. The fraction of sp³-hybridized carbons (Fsp3) is 0.719. The highest BCUT2D eigenvalue weighted by atomic mass is 16.6. The predicted molar refractivity (Wildman–Crippen MR) is 270 cm³/mol. The van der Waals surface area contributed by atoms with E-state index in [1.165, 1.54) is 116 Å². The zero-order valence-corrected chi connectivity index (χ0v) is 40.9. The number of carbonyl (C=O) groups excluding carboxylic acids is 2. The van der Waals surface area contributed by atoms with E-state index in [1.54, 1.807) is 0 Å². The number of ether oxygens (including phenoxy) is 3. The highest BCUT2D eigenvalue weighted by Crippen LogP contribution is 2.14. The lowest BCUT2D eigenvalue weighted by Crippen LogP contribution is -2.30. The van der Waals surface area contributed by atoms with Gasteiger partial charge in [0.2, 0.25) is 0 Å². The molecule has 0 heterocycles. The summed E-state index contributed by atoms with van der Waals surface area (Å²) < 4.78 is 17.3. The third kappa shape index (κ3) is 49.7. The van der Waals surface area contributed by atoms with Gasteiger partial charge in [-0.2, -0.15) is 0 Å². The lowest BCUT2D eigenvalue weighted by atomic mass is 10.0. The molecule has 62 heavy (non-hydrogen) atoms. The fourth-order valence-corrected chi connectivity index (χ4v) is 7.05. The molecule has 0 fully saturated rings. The minimum atomic E-state index is -0.570. The molecule has 0 N–H and O–H groups in total. The van der Waals surface area contributed by atoms with Gasteiger partial charge in [0.05, 0.1) is 6.61 Å². The topological polar surface area (TPSA) is 61.8 Å². The third-order valence-electron chi connectivity index (χ3n) is 10.9. The first-order valence-electron chi connectivity index (χ1n) is 26.1. The maximum atomic E-state index is 12.8. The minimum Gasteiger partial charge on any atom is -0.462 e. The van der Waals surface area contributed by atoms with E-state index in [9.17, 15) is 9.59 Å². The van der Waals surface area contributed by atoms with Crippen molar-refractivity contribution in [1.29, 1.82) is 0 Å². The number of hydrogen-bond donors (Lipinski definition) is 0. The first-order valence-corrected chi connectivity index (χ1v) is 26.1. The number of rotatable bonds is 47. The maximum absolute atomic E-state index is 12.8. The highest BCUT2D eigenvalue weighted by Gasteiger charge is 2.17. The second-order valence-corrected chi connectivity index (χ2v) is 17.0. The van der Waals surface area contributed by atoms with Gasteiger partial charge in [-0.15, -0.1) is 0 Å². The summed E-state index contributed by atoms with van der Waals surface area (Å²) in [6.07, 6.45) is 68.9. The van der Waals surface area contributed by atoms with E-state index in [0.717, 1.165) is 89.9 Å². The maximum Gasteiger partial charge on any atom is 0.306 e. The van der Waals surface area contributed by atoms with Crippen LogP contribution in [0.15, 0.2) is 85.1 Å². The van der Waals surface area contributed by atoms with Crippen molar-refractivity contribution in [3.05, 3.63) is 85.1 Å². The molecule has 5 heteroatoms. The van der Waals surface area contributed by atoms with E-state index in [0.29, 0.717) is 19.4 Å². The van der Waals surface area contributed by atoms with Crippen LogP contribution in [0.1, 0.15) is 239 Å². The van der Waals surface area contributed by atoms with E-state index < -0.39 is 6.10 Å². The van der Waals surface area contributed by atoms with Crippen molar-refractivity contribution in [2.24, 2.45) is 0 Å². The van der Waals surface area contributed by atoms with E-state index in [4.69, 9.17) is 14.2 Å². The van der Waals surface area contributed by atoms with Gasteiger partial charge in [0, 0.05) is 19.4 Å². The summed E-state index contributed by atoms with van der Waals surface area (Å²) in [5.74, 6) is -0.437. The Morgan fingerprint density at radius 3 is 1.19 bits per heavy atom. The lowest BCUT2D eigenvalue weighted by molar-refractivity contribution is -0.163. The number of carbonyl (C=O) groups is 2. The molecule has 0 aromatic heterocycles. The molecule has 0 saturated heterocycles. The van der Waals surface area contributed by atoms with E-state index in [2.05, 4.69) is 106 Å². The quantitative estimate of drug-likeness (QED) is 0.0346. The van der Waals surface area contributed by atoms with Crippen LogP contribution in [-0.4, -0.2) is 37.9 Å². The van der Waals surface area contributed by atoms with Crippen molar-refractivity contribution in [2.75, 3.05) is 19.8 Å². The average Bonchev–Trinajstić information content (AvgIpc) is 3.27. The molecule has 0 bridgehead atoms. The molecule has 0 aromatic carbocycles. The molecule has 356 valence electrons. The van der Waals surface area contributed by atoms with Crippen molar-refractivity contribution in [2.45, 2.75) is 245 Å². The summed E-state index contributed by atoms with van der Waals surface area (Å²) in [6.45, 7) is 7.56. The van der Waals surface area contributed by atoms with Crippen molar-refractivity contribution in [1.82, 2.24) is 0 Å². The molecule has 0 aliphatic heterocycles. The summed E-state index contributed by atoms with van der Waals surface area (Å²) in [5, 5.41) is 0. The second-order valence-electron chi connectivity index (χ2n) is 17.0. The molecule has 5 nitrogen and oxygen atoms in total. The lowest BCUT2D eigenvalue weighted by Gasteiger charge is -2.18. The van der Waals surface area contributed by atoms with Gasteiger partial charge in [0.1, 0.15) is 6.61 Å². The van der Waals surface area contributed by atoms with Crippen LogP contribution in [0.2, 0.25) is 0 Å². The Kier molecular flexibility index (Phi) is 50.0. The molecular formula is C57H98O5. The number of unbranched alkanes of at least 4 members (excludes halogenated alkanes) is 22. The van der Waals surface area contributed by atoms with Crippen LogP contribution in [0.25, 0.3) is 0 Å². The van der Waals surface area contributed by atoms with Crippen LogP contribution in [0, 0.1) is 0 Å². The number of allylic oxidation sites excluding steroid dienone is 14. The summed E-state index contributed by atoms with van der Waals surface area (Å²) in [4.78, 5) is 25.4. The molecule has 1 atom stereocenters. The summed E-state index contributed by atoms with van der Waals surface area (Å²) in [5.41, 5.74) is 0. The van der Waals surface area contributed by atoms with Crippen molar-refractivity contribution >= 4 is 11.9 Å². The van der Waals surface area contributed by atoms with Gasteiger partial charge < -0.3 is 14.2 Å². The second kappa shape index (κ2) is 52.4. The largest absolute Gasteiger partial charge is 0.462 e. The Balaban J connectivity index is 4.37. The molecule has 0 aliphatic carbocycles. The molecule has 0 saturated carbocycles. The molecule has 0 amide bonds. The van der Waals surface area contributed by atoms with Crippen LogP contribution < -0.4 is 0 Å². The third-order valence-corrected chi connectivity index (χ3v) is 10.9. The standard InChI is InChI=1S/C57H98O5/c1-4-7-10-13-16-19-22-25-26-27-28-29-30-31-34-37-40-43-46-49-52-60-53-55(62-57(59)51-48-45-42-39-36-33-24-21-18-15-12-9-6-3)54-61-56(58)50-47-44-41-38-35-32-23-20-17-14-11-8-5-2/h7,10,16,19-20,23,25-26,28-29,31,34,40,43,55H,4-6,8-9,11-15,17-18,21-22,24,27,30,32-33,35-39,41-42,44-54H2,1-3H3/b10-7-,19-16-,23-20-,26-25-,29-28-,34-31-,43-40-. The smallest absolute Gasteiger partial charge is 0.306 e. The summed E-state index contributed by atoms with van der Waals surface area (Å²) in [7, 11) is 0. The van der Waals surface area contributed by atoms with Crippen LogP contribution in [0.5, 0.6) is 0 Å². The zero-order chi connectivity index (χ0) is 44.9. The average molecular weight is 863 g/mol. The van der Waals surface area contributed by atoms with Crippen molar-refractivity contribution in [3.8, 4) is 0 Å². The fourth-order valence-electron chi connectivity index (χ4n) is 7.05. The Morgan fingerprint density at radius 1 is 0.371 bits per heavy atom. The Hall–Kier alpha value is -2.92. The van der Waals surface area contributed by atoms with Gasteiger partial charge in [-0.25, -0.2) is 0 Å². The molecule has 0 spiro atoms. The number of hydrogen-bond acceptors (Lipinski definition) is 5. The first kappa shape index (κ1) is 59.1. The zero-order valence-electron chi connectivity index (χ0n) is 40.9. The van der Waals surface area contributed by atoms with Crippen LogP contribution in [0.3, 0.4) is 0 Å².